The van der Waals surface area contributed by atoms with Gasteiger partial charge in [-0.1, -0.05) is 152 Å². The van der Waals surface area contributed by atoms with E-state index in [1.807, 2.05) is 54.6 Å². The monoisotopic (exact) mass is 695 g/mol. The van der Waals surface area contributed by atoms with Gasteiger partial charge in [0.1, 0.15) is 0 Å². The molecule has 0 N–H and O–H groups in total. The molecule has 0 aliphatic heterocycles. The summed E-state index contributed by atoms with van der Waals surface area (Å²) in [6.07, 6.45) is 0. The van der Waals surface area contributed by atoms with Gasteiger partial charge in [-0.05, 0) is 35.4 Å². The molecule has 0 aliphatic carbocycles. The van der Waals surface area contributed by atoms with Crippen LogP contribution >= 0.6 is 11.3 Å². The molecule has 0 fully saturated rings. The zero-order valence-corrected chi connectivity index (χ0v) is 29.2. The van der Waals surface area contributed by atoms with E-state index in [9.17, 15) is 0 Å². The van der Waals surface area contributed by atoms with Gasteiger partial charge in [0, 0.05) is 53.4 Å². The van der Waals surface area contributed by atoms with Crippen molar-refractivity contribution in [3.8, 4) is 67.9 Å². The first kappa shape index (κ1) is 30.9. The molecule has 0 atom stereocenters. The van der Waals surface area contributed by atoms with Crippen LogP contribution in [-0.4, -0.2) is 24.9 Å². The first-order chi connectivity index (χ1) is 26.3. The van der Waals surface area contributed by atoms with E-state index in [1.165, 1.54) is 0 Å². The molecule has 0 bridgehead atoms. The van der Waals surface area contributed by atoms with Gasteiger partial charge in [-0.2, -0.15) is 0 Å². The molecule has 0 amide bonds. The van der Waals surface area contributed by atoms with Gasteiger partial charge in [0.25, 0.3) is 0 Å². The van der Waals surface area contributed by atoms with Crippen LogP contribution in [-0.2, 0) is 0 Å². The maximum atomic E-state index is 5.27. The summed E-state index contributed by atoms with van der Waals surface area (Å²) in [5.41, 5.74) is 8.87. The van der Waals surface area contributed by atoms with E-state index in [1.54, 1.807) is 11.3 Å². The second kappa shape index (κ2) is 13.0. The molecule has 53 heavy (non-hydrogen) atoms. The molecule has 0 unspecified atom stereocenters. The van der Waals surface area contributed by atoms with E-state index in [2.05, 4.69) is 121 Å². The smallest absolute Gasteiger partial charge is 0.164 e. The van der Waals surface area contributed by atoms with Crippen molar-refractivity contribution < 1.29 is 0 Å². The highest BCUT2D eigenvalue weighted by atomic mass is 32.1. The Labute approximate surface area is 310 Å². The third-order valence-electron chi connectivity index (χ3n) is 9.55. The van der Waals surface area contributed by atoms with Crippen molar-refractivity contribution in [2.75, 3.05) is 0 Å². The number of para-hydroxylation sites is 1. The van der Waals surface area contributed by atoms with Crippen LogP contribution in [0.4, 0.5) is 0 Å². The van der Waals surface area contributed by atoms with Crippen molar-refractivity contribution in [1.82, 2.24) is 24.9 Å². The van der Waals surface area contributed by atoms with Crippen molar-refractivity contribution in [3.05, 3.63) is 176 Å². The highest BCUT2D eigenvalue weighted by Gasteiger charge is 2.21. The van der Waals surface area contributed by atoms with E-state index in [0.29, 0.717) is 23.3 Å². The van der Waals surface area contributed by atoms with Crippen LogP contribution in [0.25, 0.3) is 99.0 Å². The summed E-state index contributed by atoms with van der Waals surface area (Å²) >= 11 is 1.76. The van der Waals surface area contributed by atoms with E-state index in [4.69, 9.17) is 24.9 Å². The zero-order chi connectivity index (χ0) is 35.1. The summed E-state index contributed by atoms with van der Waals surface area (Å²) in [6.45, 7) is 0. The normalized spacial score (nSPS) is 11.4. The molecule has 10 aromatic rings. The fourth-order valence-electron chi connectivity index (χ4n) is 7.06. The topological polar surface area (TPSA) is 64.5 Å². The van der Waals surface area contributed by atoms with Crippen LogP contribution in [0.3, 0.4) is 0 Å². The minimum atomic E-state index is 0.614. The van der Waals surface area contributed by atoms with Crippen molar-refractivity contribution in [2.45, 2.75) is 0 Å². The molecule has 248 valence electrons. The predicted molar refractivity (Wildman–Crippen MR) is 218 cm³/mol. The van der Waals surface area contributed by atoms with Crippen molar-refractivity contribution in [1.29, 1.82) is 0 Å². The van der Waals surface area contributed by atoms with Crippen molar-refractivity contribution in [2.24, 2.45) is 0 Å². The maximum Gasteiger partial charge on any atom is 0.164 e. The molecule has 10 rings (SSSR count). The number of thiophene rings is 1. The Kier molecular flexibility index (Phi) is 7.59. The number of rotatable bonds is 6. The minimum absolute atomic E-state index is 0.614. The molecule has 7 aromatic carbocycles. The Balaban J connectivity index is 1.21. The minimum Gasteiger partial charge on any atom is -0.228 e. The quantitative estimate of drug-likeness (QED) is 0.173. The van der Waals surface area contributed by atoms with E-state index < -0.39 is 0 Å². The third kappa shape index (κ3) is 5.62. The van der Waals surface area contributed by atoms with Gasteiger partial charge < -0.3 is 0 Å². The summed E-state index contributed by atoms with van der Waals surface area (Å²) in [5, 5.41) is 3.19. The second-order valence-corrected chi connectivity index (χ2v) is 13.9. The average molecular weight is 696 g/mol. The van der Waals surface area contributed by atoms with Gasteiger partial charge in [0.2, 0.25) is 0 Å². The number of hydrogen-bond donors (Lipinski definition) is 0. The lowest BCUT2D eigenvalue weighted by Gasteiger charge is -2.12. The molecule has 0 spiro atoms. The molecule has 3 heterocycles. The fraction of sp³-hybridized carbons (Fsp3) is 0. The first-order valence-corrected chi connectivity index (χ1v) is 18.3. The van der Waals surface area contributed by atoms with E-state index >= 15 is 0 Å². The number of benzene rings is 7. The SMILES string of the molecule is c1ccc(-c2cccc(-c3nc(-c4ccccc4)nc(-c4cccc5sc6cccc(-c7nc(-c8ccccc8)c8ccccc8n7)c6c45)n3)c2)cc1. The van der Waals surface area contributed by atoms with Crippen LogP contribution in [0.15, 0.2) is 176 Å². The zero-order valence-electron chi connectivity index (χ0n) is 28.4. The lowest BCUT2D eigenvalue weighted by atomic mass is 10.00. The van der Waals surface area contributed by atoms with Gasteiger partial charge in [-0.15, -0.1) is 11.3 Å². The summed E-state index contributed by atoms with van der Waals surface area (Å²) < 4.78 is 2.29. The van der Waals surface area contributed by atoms with Gasteiger partial charge in [0.15, 0.2) is 23.3 Å². The van der Waals surface area contributed by atoms with Crippen molar-refractivity contribution >= 4 is 42.4 Å². The molecule has 0 radical (unpaired) electrons. The number of fused-ring (bicyclic) bond motifs is 4. The summed E-state index contributed by atoms with van der Waals surface area (Å²) in [7, 11) is 0. The largest absolute Gasteiger partial charge is 0.228 e. The lowest BCUT2D eigenvalue weighted by molar-refractivity contribution is 1.08. The molecule has 0 saturated heterocycles. The standard InChI is InChI=1S/C47H29N5S/c1-4-15-30(16-5-1)33-21-12-22-34(29-33)45-50-44(32-19-8-3-9-20-32)51-47(52-45)37-25-14-28-40-42(37)41-36(24-13-27-39(41)53-40)46-48-38-26-11-10-23-35(38)43(49-46)31-17-6-2-7-18-31/h1-29H. The average Bonchev–Trinajstić information content (AvgIpc) is 3.63. The second-order valence-electron chi connectivity index (χ2n) is 12.9. The maximum absolute atomic E-state index is 5.27. The van der Waals surface area contributed by atoms with Crippen LogP contribution in [0.1, 0.15) is 0 Å². The molecular formula is C47H29N5S. The Hall–Kier alpha value is -6.89. The fourth-order valence-corrected chi connectivity index (χ4v) is 8.22. The molecule has 0 saturated carbocycles. The number of hydrogen-bond acceptors (Lipinski definition) is 6. The molecule has 3 aromatic heterocycles. The Bertz CT molecular complexity index is 2940. The number of aromatic nitrogens is 5. The van der Waals surface area contributed by atoms with E-state index in [-0.39, 0.29) is 0 Å². The van der Waals surface area contributed by atoms with Gasteiger partial charge >= 0.3 is 0 Å². The third-order valence-corrected chi connectivity index (χ3v) is 10.7. The summed E-state index contributed by atoms with van der Waals surface area (Å²) in [5.74, 6) is 2.54. The highest BCUT2D eigenvalue weighted by Crippen LogP contribution is 2.44. The summed E-state index contributed by atoms with van der Waals surface area (Å²) in [6, 6.07) is 60.3. The molecule has 0 aliphatic rings. The Morgan fingerprint density at radius 2 is 0.811 bits per heavy atom. The van der Waals surface area contributed by atoms with Crippen LogP contribution in [0, 0.1) is 0 Å². The van der Waals surface area contributed by atoms with Crippen LogP contribution in [0.2, 0.25) is 0 Å². The number of nitrogens with zero attached hydrogens (tertiary/aromatic N) is 5. The molecular weight excluding hydrogens is 667 g/mol. The lowest BCUT2D eigenvalue weighted by Crippen LogP contribution is -2.00. The van der Waals surface area contributed by atoms with Gasteiger partial charge in [0.05, 0.1) is 11.2 Å². The summed E-state index contributed by atoms with van der Waals surface area (Å²) in [4.78, 5) is 25.9. The molecule has 5 nitrogen and oxygen atoms in total. The van der Waals surface area contributed by atoms with Crippen LogP contribution < -0.4 is 0 Å². The highest BCUT2D eigenvalue weighted by molar-refractivity contribution is 7.26. The van der Waals surface area contributed by atoms with Crippen LogP contribution in [0.5, 0.6) is 0 Å². The van der Waals surface area contributed by atoms with Crippen molar-refractivity contribution in [3.63, 3.8) is 0 Å². The predicted octanol–water partition coefficient (Wildman–Crippen LogP) is 12.2. The molecule has 6 heteroatoms. The van der Waals surface area contributed by atoms with E-state index in [0.717, 1.165) is 75.7 Å². The Morgan fingerprint density at radius 1 is 0.321 bits per heavy atom. The van der Waals surface area contributed by atoms with Gasteiger partial charge in [-0.25, -0.2) is 24.9 Å². The van der Waals surface area contributed by atoms with Gasteiger partial charge in [-0.3, -0.25) is 0 Å². The first-order valence-electron chi connectivity index (χ1n) is 17.5. The Morgan fingerprint density at radius 3 is 1.49 bits per heavy atom.